The van der Waals surface area contributed by atoms with Gasteiger partial charge in [-0.15, -0.1) is 0 Å². The van der Waals surface area contributed by atoms with Crippen LogP contribution < -0.4 is 4.74 Å². The van der Waals surface area contributed by atoms with Gasteiger partial charge in [0.15, 0.2) is 0 Å². The van der Waals surface area contributed by atoms with Crippen molar-refractivity contribution in [1.29, 1.82) is 0 Å². The zero-order valence-electron chi connectivity index (χ0n) is 18.5. The number of fused-ring (bicyclic) bond motifs is 1. The molecular formula is C28H27NO3S. The monoisotopic (exact) mass is 457 g/mol. The van der Waals surface area contributed by atoms with E-state index in [9.17, 15) is 9.59 Å². The third-order valence-corrected chi connectivity index (χ3v) is 7.42. The number of hydrogen-bond donors (Lipinski definition) is 0. The summed E-state index contributed by atoms with van der Waals surface area (Å²) < 4.78 is 6.19. The molecule has 0 radical (unpaired) electrons. The van der Waals surface area contributed by atoms with Gasteiger partial charge in [0.2, 0.25) is 0 Å². The average molecular weight is 458 g/mol. The van der Waals surface area contributed by atoms with Gasteiger partial charge in [-0.05, 0) is 59.0 Å². The Morgan fingerprint density at radius 2 is 1.67 bits per heavy atom. The fourth-order valence-electron chi connectivity index (χ4n) is 4.73. The second-order valence-corrected chi connectivity index (χ2v) is 9.75. The lowest BCUT2D eigenvalue weighted by Crippen LogP contribution is -2.34. The zero-order chi connectivity index (χ0) is 22.6. The highest BCUT2D eigenvalue weighted by Crippen LogP contribution is 2.36. The standard InChI is InChI=1S/C28H27NO3S/c30-27-26(33-28(31)29(27)18-20-9-2-1-3-10-20)17-22-12-5-7-16-25(22)32-19-23-14-8-13-21-11-4-6-15-24(21)23/h4-8,11-17,20H,1-3,9-10,18-19H2/b26-17+. The molecule has 0 N–H and O–H groups in total. The molecule has 0 aromatic heterocycles. The van der Waals surface area contributed by atoms with E-state index in [-0.39, 0.29) is 11.1 Å². The molecule has 1 saturated carbocycles. The highest BCUT2D eigenvalue weighted by Gasteiger charge is 2.36. The van der Waals surface area contributed by atoms with E-state index in [4.69, 9.17) is 4.74 Å². The summed E-state index contributed by atoms with van der Waals surface area (Å²) in [5.74, 6) is 0.951. The number of rotatable bonds is 6. The van der Waals surface area contributed by atoms with Crippen LogP contribution in [0.15, 0.2) is 71.6 Å². The Labute approximate surface area is 198 Å². The molecule has 1 aliphatic carbocycles. The van der Waals surface area contributed by atoms with Crippen LogP contribution in [-0.2, 0) is 11.4 Å². The molecule has 1 heterocycles. The Morgan fingerprint density at radius 1 is 0.909 bits per heavy atom. The minimum Gasteiger partial charge on any atom is -0.488 e. The molecule has 1 saturated heterocycles. The molecule has 3 aromatic rings. The fourth-order valence-corrected chi connectivity index (χ4v) is 5.57. The van der Waals surface area contributed by atoms with Crippen molar-refractivity contribution in [3.63, 3.8) is 0 Å². The minimum atomic E-state index is -0.181. The Hall–Kier alpha value is -3.05. The molecule has 168 valence electrons. The van der Waals surface area contributed by atoms with Gasteiger partial charge in [0.05, 0.1) is 4.91 Å². The Bertz CT molecular complexity index is 1210. The van der Waals surface area contributed by atoms with E-state index in [1.54, 1.807) is 6.08 Å². The van der Waals surface area contributed by atoms with Crippen LogP contribution in [0.3, 0.4) is 0 Å². The van der Waals surface area contributed by atoms with Crippen LogP contribution in [-0.4, -0.2) is 22.6 Å². The van der Waals surface area contributed by atoms with Crippen LogP contribution >= 0.6 is 11.8 Å². The van der Waals surface area contributed by atoms with Crippen LogP contribution in [0.5, 0.6) is 5.75 Å². The van der Waals surface area contributed by atoms with Crippen molar-refractivity contribution in [2.75, 3.05) is 6.54 Å². The molecule has 33 heavy (non-hydrogen) atoms. The number of ether oxygens (including phenoxy) is 1. The van der Waals surface area contributed by atoms with Gasteiger partial charge in [-0.25, -0.2) is 0 Å². The second kappa shape index (κ2) is 9.84. The summed E-state index contributed by atoms with van der Waals surface area (Å²) in [6, 6.07) is 22.1. The molecular weight excluding hydrogens is 430 g/mol. The first-order valence-corrected chi connectivity index (χ1v) is 12.4. The Morgan fingerprint density at radius 3 is 2.55 bits per heavy atom. The van der Waals surface area contributed by atoms with Crippen molar-refractivity contribution < 1.29 is 14.3 Å². The number of hydrogen-bond acceptors (Lipinski definition) is 4. The number of carbonyl (C=O) groups excluding carboxylic acids is 2. The molecule has 5 rings (SSSR count). The number of nitrogens with zero attached hydrogens (tertiary/aromatic N) is 1. The van der Waals surface area contributed by atoms with Gasteiger partial charge in [0.1, 0.15) is 12.4 Å². The number of para-hydroxylation sites is 1. The van der Waals surface area contributed by atoms with E-state index in [1.165, 1.54) is 34.9 Å². The van der Waals surface area contributed by atoms with Gasteiger partial charge in [-0.1, -0.05) is 79.9 Å². The van der Waals surface area contributed by atoms with Crippen LogP contribution in [0.1, 0.15) is 43.2 Å². The Kier molecular flexibility index (Phi) is 6.49. The van der Waals surface area contributed by atoms with Crippen molar-refractivity contribution in [3.05, 3.63) is 82.8 Å². The maximum Gasteiger partial charge on any atom is 0.293 e. The molecule has 2 aliphatic rings. The van der Waals surface area contributed by atoms with E-state index in [2.05, 4.69) is 24.3 Å². The summed E-state index contributed by atoms with van der Waals surface area (Å²) in [5, 5.41) is 2.19. The van der Waals surface area contributed by atoms with Gasteiger partial charge < -0.3 is 4.74 Å². The molecule has 1 aliphatic heterocycles. The van der Waals surface area contributed by atoms with Gasteiger partial charge in [-0.3, -0.25) is 14.5 Å². The topological polar surface area (TPSA) is 46.6 Å². The molecule has 5 heteroatoms. The largest absolute Gasteiger partial charge is 0.488 e. The van der Waals surface area contributed by atoms with Gasteiger partial charge in [0.25, 0.3) is 11.1 Å². The summed E-state index contributed by atoms with van der Waals surface area (Å²) in [6.45, 7) is 0.969. The summed E-state index contributed by atoms with van der Waals surface area (Å²) in [5.41, 5.74) is 1.91. The third kappa shape index (κ3) is 4.83. The summed E-state index contributed by atoms with van der Waals surface area (Å²) in [7, 11) is 0. The van der Waals surface area contributed by atoms with E-state index in [0.717, 1.165) is 35.7 Å². The van der Waals surface area contributed by atoms with E-state index in [1.807, 2.05) is 42.5 Å². The first-order valence-electron chi connectivity index (χ1n) is 11.6. The lowest BCUT2D eigenvalue weighted by molar-refractivity contribution is -0.123. The number of amides is 2. The molecule has 2 amide bonds. The van der Waals surface area contributed by atoms with Crippen LogP contribution in [0, 0.1) is 5.92 Å². The molecule has 0 bridgehead atoms. The molecule has 4 nitrogen and oxygen atoms in total. The lowest BCUT2D eigenvalue weighted by atomic mass is 9.89. The van der Waals surface area contributed by atoms with Crippen LogP contribution in [0.2, 0.25) is 0 Å². The van der Waals surface area contributed by atoms with Crippen LogP contribution in [0.4, 0.5) is 4.79 Å². The van der Waals surface area contributed by atoms with Crippen molar-refractivity contribution in [2.24, 2.45) is 5.92 Å². The maximum atomic E-state index is 13.0. The minimum absolute atomic E-state index is 0.161. The molecule has 3 aromatic carbocycles. The van der Waals surface area contributed by atoms with Gasteiger partial charge in [0, 0.05) is 12.1 Å². The first-order chi connectivity index (χ1) is 16.2. The van der Waals surface area contributed by atoms with Crippen molar-refractivity contribution in [2.45, 2.75) is 38.7 Å². The second-order valence-electron chi connectivity index (χ2n) is 8.76. The average Bonchev–Trinajstić information content (AvgIpc) is 3.11. The van der Waals surface area contributed by atoms with E-state index in [0.29, 0.717) is 29.7 Å². The smallest absolute Gasteiger partial charge is 0.293 e. The fraction of sp³-hybridized carbons (Fsp3) is 0.286. The SMILES string of the molecule is O=C1S/C(=C/c2ccccc2OCc2cccc3ccccc23)C(=O)N1CC1CCCCC1. The van der Waals surface area contributed by atoms with E-state index < -0.39 is 0 Å². The van der Waals surface area contributed by atoms with Crippen LogP contribution in [0.25, 0.3) is 16.8 Å². The Balaban J connectivity index is 1.33. The quantitative estimate of drug-likeness (QED) is 0.373. The zero-order valence-corrected chi connectivity index (χ0v) is 19.4. The summed E-state index contributed by atoms with van der Waals surface area (Å²) in [4.78, 5) is 27.5. The maximum absolute atomic E-state index is 13.0. The predicted molar refractivity (Wildman–Crippen MR) is 134 cm³/mol. The molecule has 0 unspecified atom stereocenters. The lowest BCUT2D eigenvalue weighted by Gasteiger charge is -2.25. The van der Waals surface area contributed by atoms with Crippen molar-refractivity contribution in [3.8, 4) is 5.75 Å². The first kappa shape index (κ1) is 21.8. The van der Waals surface area contributed by atoms with Crippen molar-refractivity contribution >= 4 is 39.8 Å². The van der Waals surface area contributed by atoms with Gasteiger partial charge >= 0.3 is 0 Å². The van der Waals surface area contributed by atoms with Gasteiger partial charge in [-0.2, -0.15) is 0 Å². The third-order valence-electron chi connectivity index (χ3n) is 6.51. The molecule has 0 atom stereocenters. The van der Waals surface area contributed by atoms with Crippen molar-refractivity contribution in [1.82, 2.24) is 4.90 Å². The number of thioether (sulfide) groups is 1. The highest BCUT2D eigenvalue weighted by atomic mass is 32.2. The van der Waals surface area contributed by atoms with E-state index >= 15 is 0 Å². The number of benzene rings is 3. The normalized spacial score (nSPS) is 18.4. The predicted octanol–water partition coefficient (Wildman–Crippen LogP) is 7.04. The number of carbonyl (C=O) groups is 2. The summed E-state index contributed by atoms with van der Waals surface area (Å²) >= 11 is 1.03. The number of imide groups is 1. The molecule has 2 fully saturated rings. The summed E-state index contributed by atoms with van der Waals surface area (Å²) in [6.07, 6.45) is 7.64. The molecule has 0 spiro atoms. The highest BCUT2D eigenvalue weighted by molar-refractivity contribution is 8.18.